The number of rotatable bonds is 3. The van der Waals surface area contributed by atoms with Crippen LogP contribution in [0.25, 0.3) is 0 Å². The number of ether oxygens (including phenoxy) is 2. The molecule has 0 spiro atoms. The van der Waals surface area contributed by atoms with Gasteiger partial charge in [0.25, 0.3) is 0 Å². The Bertz CT molecular complexity index is 854. The summed E-state index contributed by atoms with van der Waals surface area (Å²) in [5.74, 6) is 0.741. The third-order valence-electron chi connectivity index (χ3n) is 4.66. The van der Waals surface area contributed by atoms with Gasteiger partial charge in [-0.15, -0.1) is 0 Å². The first-order valence-electron chi connectivity index (χ1n) is 9.66. The van der Waals surface area contributed by atoms with E-state index in [1.807, 2.05) is 32.9 Å². The number of hydrogen-bond acceptors (Lipinski definition) is 5. The summed E-state index contributed by atoms with van der Waals surface area (Å²) in [5.41, 5.74) is -0.331. The average molecular weight is 423 g/mol. The molecule has 1 aliphatic heterocycles. The number of nitrogens with zero attached hydrogens (tertiary/aromatic N) is 3. The van der Waals surface area contributed by atoms with E-state index < -0.39 is 17.3 Å². The minimum atomic E-state index is -4.49. The third-order valence-corrected chi connectivity index (χ3v) is 4.66. The molecule has 1 fully saturated rings. The highest BCUT2D eigenvalue weighted by Crippen LogP contribution is 2.31. The first-order chi connectivity index (χ1) is 14.0. The fraction of sp³-hybridized carbons (Fsp3) is 0.476. The Hall–Kier alpha value is -2.84. The molecule has 0 radical (unpaired) electrons. The second kappa shape index (κ2) is 8.49. The minimum Gasteiger partial charge on any atom is -0.444 e. The van der Waals surface area contributed by atoms with Crippen molar-refractivity contribution in [3.63, 3.8) is 0 Å². The van der Waals surface area contributed by atoms with Crippen LogP contribution in [0.4, 0.5) is 18.0 Å². The topological polar surface area (TPSA) is 64.5 Å². The number of carbonyl (C=O) groups excluding carboxylic acids is 1. The van der Waals surface area contributed by atoms with Crippen LogP contribution in [0.5, 0.6) is 11.8 Å². The van der Waals surface area contributed by atoms with Crippen molar-refractivity contribution in [1.82, 2.24) is 14.9 Å². The van der Waals surface area contributed by atoms with E-state index in [-0.39, 0.29) is 12.1 Å². The van der Waals surface area contributed by atoms with Crippen molar-refractivity contribution in [3.8, 4) is 11.8 Å². The van der Waals surface area contributed by atoms with Crippen LogP contribution in [0.15, 0.2) is 36.7 Å². The van der Waals surface area contributed by atoms with Gasteiger partial charge in [0.15, 0.2) is 0 Å². The number of likely N-dealkylation sites (tertiary alicyclic amines) is 1. The maximum atomic E-state index is 12.6. The van der Waals surface area contributed by atoms with Gasteiger partial charge in [0.2, 0.25) is 0 Å². The molecule has 1 aromatic carbocycles. The average Bonchev–Trinajstić information content (AvgIpc) is 2.67. The fourth-order valence-electron chi connectivity index (χ4n) is 3.15. The number of halogens is 3. The maximum Gasteiger partial charge on any atom is 0.419 e. The molecule has 0 aliphatic carbocycles. The lowest BCUT2D eigenvalue weighted by Gasteiger charge is -2.33. The Labute approximate surface area is 173 Å². The van der Waals surface area contributed by atoms with E-state index in [1.165, 1.54) is 0 Å². The van der Waals surface area contributed by atoms with Crippen molar-refractivity contribution in [2.45, 2.75) is 51.3 Å². The van der Waals surface area contributed by atoms with Gasteiger partial charge in [-0.05, 0) is 57.2 Å². The van der Waals surface area contributed by atoms with Crippen LogP contribution in [0.2, 0.25) is 0 Å². The van der Waals surface area contributed by atoms with Gasteiger partial charge in [-0.3, -0.25) is 0 Å². The lowest BCUT2D eigenvalue weighted by molar-refractivity contribution is -0.138. The van der Waals surface area contributed by atoms with Gasteiger partial charge < -0.3 is 14.4 Å². The van der Waals surface area contributed by atoms with Crippen molar-refractivity contribution < 1.29 is 27.4 Å². The number of carbonyl (C=O) groups is 1. The molecule has 2 heterocycles. The zero-order valence-electron chi connectivity index (χ0n) is 17.1. The lowest BCUT2D eigenvalue weighted by Crippen LogP contribution is -2.41. The van der Waals surface area contributed by atoms with E-state index in [0.717, 1.165) is 18.4 Å². The van der Waals surface area contributed by atoms with E-state index in [4.69, 9.17) is 9.47 Å². The second-order valence-electron chi connectivity index (χ2n) is 8.16. The summed E-state index contributed by atoms with van der Waals surface area (Å²) >= 11 is 0. The van der Waals surface area contributed by atoms with E-state index in [1.54, 1.807) is 17.0 Å². The van der Waals surface area contributed by atoms with Crippen molar-refractivity contribution >= 4 is 6.09 Å². The van der Waals surface area contributed by atoms with Crippen LogP contribution in [0.3, 0.4) is 0 Å². The van der Waals surface area contributed by atoms with Gasteiger partial charge in [-0.25, -0.2) is 14.8 Å². The molecule has 6 nitrogen and oxygen atoms in total. The van der Waals surface area contributed by atoms with Crippen LogP contribution in [-0.4, -0.2) is 39.7 Å². The van der Waals surface area contributed by atoms with Gasteiger partial charge in [0, 0.05) is 25.5 Å². The largest absolute Gasteiger partial charge is 0.444 e. The predicted molar refractivity (Wildman–Crippen MR) is 103 cm³/mol. The van der Waals surface area contributed by atoms with Gasteiger partial charge in [0.1, 0.15) is 11.4 Å². The zero-order valence-corrected chi connectivity index (χ0v) is 17.1. The van der Waals surface area contributed by atoms with Crippen LogP contribution < -0.4 is 4.74 Å². The molecule has 1 saturated heterocycles. The summed E-state index contributed by atoms with van der Waals surface area (Å²) in [6.07, 6.45) is -1.76. The van der Waals surface area contributed by atoms with Gasteiger partial charge in [0.05, 0.1) is 5.56 Å². The van der Waals surface area contributed by atoms with Crippen LogP contribution in [0, 0.1) is 0 Å². The molecule has 0 N–H and O–H groups in total. The van der Waals surface area contributed by atoms with E-state index in [0.29, 0.717) is 37.2 Å². The van der Waals surface area contributed by atoms with Crippen LogP contribution in [-0.2, 0) is 10.9 Å². The summed E-state index contributed by atoms with van der Waals surface area (Å²) < 4.78 is 48.5. The molecule has 1 aromatic heterocycles. The highest BCUT2D eigenvalue weighted by Gasteiger charge is 2.31. The van der Waals surface area contributed by atoms with E-state index in [2.05, 4.69) is 9.97 Å². The number of hydrogen-bond donors (Lipinski definition) is 0. The minimum absolute atomic E-state index is 0.151. The van der Waals surface area contributed by atoms with Crippen molar-refractivity contribution in [3.05, 3.63) is 47.8 Å². The first-order valence-corrected chi connectivity index (χ1v) is 9.66. The Balaban J connectivity index is 1.54. The maximum absolute atomic E-state index is 12.6. The van der Waals surface area contributed by atoms with E-state index >= 15 is 0 Å². The molecule has 9 heteroatoms. The van der Waals surface area contributed by atoms with Crippen molar-refractivity contribution in [1.29, 1.82) is 0 Å². The summed E-state index contributed by atoms with van der Waals surface area (Å²) in [6, 6.07) is 7.13. The zero-order chi connectivity index (χ0) is 21.9. The Kier molecular flexibility index (Phi) is 6.19. The molecule has 3 rings (SSSR count). The summed E-state index contributed by atoms with van der Waals surface area (Å²) in [7, 11) is 0. The molecule has 0 saturated carbocycles. The molecule has 1 amide bonds. The third kappa shape index (κ3) is 5.84. The molecule has 162 valence electrons. The summed E-state index contributed by atoms with van der Waals surface area (Å²) in [6.45, 7) is 6.78. The first kappa shape index (κ1) is 21.9. The number of piperidine rings is 1. The Morgan fingerprint density at radius 3 is 2.10 bits per heavy atom. The molecule has 0 unspecified atom stereocenters. The van der Waals surface area contributed by atoms with E-state index in [9.17, 15) is 18.0 Å². The predicted octanol–water partition coefficient (Wildman–Crippen LogP) is 5.40. The smallest absolute Gasteiger partial charge is 0.419 e. The molecule has 1 aliphatic rings. The van der Waals surface area contributed by atoms with Crippen molar-refractivity contribution in [2.24, 2.45) is 0 Å². The second-order valence-corrected chi connectivity index (χ2v) is 8.16. The normalized spacial score (nSPS) is 15.7. The van der Waals surface area contributed by atoms with Crippen molar-refractivity contribution in [2.75, 3.05) is 13.1 Å². The number of amides is 1. The molecule has 0 bridgehead atoms. The molecule has 2 aromatic rings. The number of benzene rings is 1. The van der Waals surface area contributed by atoms with Gasteiger partial charge >= 0.3 is 18.3 Å². The number of alkyl halides is 3. The fourth-order valence-corrected chi connectivity index (χ4v) is 3.15. The van der Waals surface area contributed by atoms with Crippen LogP contribution in [0.1, 0.15) is 50.7 Å². The van der Waals surface area contributed by atoms with Crippen LogP contribution >= 0.6 is 0 Å². The number of aromatic nitrogens is 2. The van der Waals surface area contributed by atoms with Gasteiger partial charge in [-0.1, -0.05) is 12.1 Å². The standard InChI is InChI=1S/C21H24F3N3O3/c1-20(2,3)30-19(28)27-10-8-15(9-11-27)14-4-6-17(7-5-14)29-18-25-12-16(13-26-18)21(22,23)24/h4-7,12-13,15H,8-11H2,1-3H3. The quantitative estimate of drug-likeness (QED) is 0.661. The molecular formula is C21H24F3N3O3. The summed E-state index contributed by atoms with van der Waals surface area (Å²) in [5, 5.41) is 0. The lowest BCUT2D eigenvalue weighted by atomic mass is 9.89. The molecule has 0 atom stereocenters. The highest BCUT2D eigenvalue weighted by atomic mass is 19.4. The molecular weight excluding hydrogens is 399 g/mol. The Morgan fingerprint density at radius 2 is 1.60 bits per heavy atom. The summed E-state index contributed by atoms with van der Waals surface area (Å²) in [4.78, 5) is 21.1. The monoisotopic (exact) mass is 423 g/mol. The highest BCUT2D eigenvalue weighted by molar-refractivity contribution is 5.68. The van der Waals surface area contributed by atoms with Gasteiger partial charge in [-0.2, -0.15) is 13.2 Å². The SMILES string of the molecule is CC(C)(C)OC(=O)N1CCC(c2ccc(Oc3ncc(C(F)(F)F)cn3)cc2)CC1. The Morgan fingerprint density at radius 1 is 1.03 bits per heavy atom. The molecule has 30 heavy (non-hydrogen) atoms.